The Morgan fingerprint density at radius 1 is 1.50 bits per heavy atom. The summed E-state index contributed by atoms with van der Waals surface area (Å²) in [5.41, 5.74) is -1.35. The predicted molar refractivity (Wildman–Crippen MR) is 49.4 cm³/mol. The van der Waals surface area contributed by atoms with E-state index in [0.717, 1.165) is 0 Å². The highest BCUT2D eigenvalue weighted by Gasteiger charge is 2.30. The zero-order valence-electron chi connectivity index (χ0n) is 7.69. The van der Waals surface area contributed by atoms with Gasteiger partial charge in [0.05, 0.1) is 17.4 Å². The Balaban J connectivity index is 2.79. The van der Waals surface area contributed by atoms with Crippen LogP contribution in [0.1, 0.15) is 13.8 Å². The van der Waals surface area contributed by atoms with E-state index in [4.69, 9.17) is 21.4 Å². The highest BCUT2D eigenvalue weighted by molar-refractivity contribution is 6.30. The van der Waals surface area contributed by atoms with E-state index in [1.165, 1.54) is 26.2 Å². The molecule has 1 aromatic heterocycles. The number of aromatic nitrogens is 2. The SMILES string of the molecule is CC(C)(Oc1ncc(Cl)cn1)C(=O)O. The van der Waals surface area contributed by atoms with E-state index < -0.39 is 11.6 Å². The quantitative estimate of drug-likeness (QED) is 0.826. The molecule has 0 saturated heterocycles. The minimum absolute atomic E-state index is 0.0122. The van der Waals surface area contributed by atoms with Gasteiger partial charge in [0, 0.05) is 0 Å². The minimum Gasteiger partial charge on any atom is -0.478 e. The van der Waals surface area contributed by atoms with Crippen molar-refractivity contribution in [3.05, 3.63) is 17.4 Å². The standard InChI is InChI=1S/C8H9ClN2O3/c1-8(2,6(12)13)14-7-10-3-5(9)4-11-7/h3-4H,1-2H3,(H,12,13). The topological polar surface area (TPSA) is 72.3 Å². The van der Waals surface area contributed by atoms with E-state index in [1.54, 1.807) is 0 Å². The molecule has 0 unspecified atom stereocenters. The average Bonchev–Trinajstić information content (AvgIpc) is 2.08. The second-order valence-corrected chi connectivity index (χ2v) is 3.54. The molecule has 0 atom stereocenters. The molecule has 0 aliphatic heterocycles. The molecule has 6 heteroatoms. The molecule has 0 spiro atoms. The molecule has 0 bridgehead atoms. The van der Waals surface area contributed by atoms with Crippen molar-refractivity contribution in [2.75, 3.05) is 0 Å². The van der Waals surface area contributed by atoms with Gasteiger partial charge >= 0.3 is 12.0 Å². The maximum absolute atomic E-state index is 10.7. The van der Waals surface area contributed by atoms with E-state index in [9.17, 15) is 4.79 Å². The number of ether oxygens (including phenoxy) is 1. The van der Waals surface area contributed by atoms with Crippen molar-refractivity contribution in [3.63, 3.8) is 0 Å². The number of halogens is 1. The number of carboxylic acid groups (broad SMARTS) is 1. The van der Waals surface area contributed by atoms with Crippen LogP contribution in [-0.2, 0) is 4.79 Å². The molecule has 5 nitrogen and oxygen atoms in total. The largest absolute Gasteiger partial charge is 0.478 e. The molecule has 1 heterocycles. The highest BCUT2D eigenvalue weighted by Crippen LogP contribution is 2.14. The molecule has 0 aliphatic carbocycles. The van der Waals surface area contributed by atoms with Gasteiger partial charge in [-0.2, -0.15) is 0 Å². The first kappa shape index (κ1) is 10.7. The van der Waals surface area contributed by atoms with Crippen LogP contribution in [-0.4, -0.2) is 26.6 Å². The molecule has 14 heavy (non-hydrogen) atoms. The van der Waals surface area contributed by atoms with Crippen LogP contribution >= 0.6 is 11.6 Å². The van der Waals surface area contributed by atoms with Gasteiger partial charge in [-0.1, -0.05) is 11.6 Å². The Bertz CT molecular complexity index is 337. The third-order valence-electron chi connectivity index (χ3n) is 1.46. The van der Waals surface area contributed by atoms with Gasteiger partial charge < -0.3 is 9.84 Å². The van der Waals surface area contributed by atoms with E-state index in [-0.39, 0.29) is 6.01 Å². The van der Waals surface area contributed by atoms with Crippen LogP contribution < -0.4 is 4.74 Å². The summed E-state index contributed by atoms with van der Waals surface area (Å²) in [6, 6.07) is -0.0122. The molecule has 0 aromatic carbocycles. The Kier molecular flexibility index (Phi) is 2.90. The smallest absolute Gasteiger partial charge is 0.347 e. The van der Waals surface area contributed by atoms with Gasteiger partial charge in [-0.15, -0.1) is 0 Å². The molecule has 0 saturated carbocycles. The first-order chi connectivity index (χ1) is 6.42. The zero-order chi connectivity index (χ0) is 10.8. The van der Waals surface area contributed by atoms with E-state index >= 15 is 0 Å². The normalized spacial score (nSPS) is 11.1. The van der Waals surface area contributed by atoms with Crippen molar-refractivity contribution in [1.82, 2.24) is 9.97 Å². The summed E-state index contributed by atoms with van der Waals surface area (Å²) in [4.78, 5) is 18.1. The lowest BCUT2D eigenvalue weighted by atomic mass is 10.1. The molecule has 1 aromatic rings. The number of rotatable bonds is 3. The van der Waals surface area contributed by atoms with Crippen LogP contribution in [0.15, 0.2) is 12.4 Å². The van der Waals surface area contributed by atoms with Crippen molar-refractivity contribution in [2.24, 2.45) is 0 Å². The van der Waals surface area contributed by atoms with Crippen molar-refractivity contribution < 1.29 is 14.6 Å². The first-order valence-electron chi connectivity index (χ1n) is 3.82. The molecule has 0 fully saturated rings. The lowest BCUT2D eigenvalue weighted by Gasteiger charge is -2.19. The number of hydrogen-bond acceptors (Lipinski definition) is 4. The molecule has 0 amide bonds. The van der Waals surface area contributed by atoms with Gasteiger partial charge in [0.25, 0.3) is 0 Å². The van der Waals surface area contributed by atoms with Gasteiger partial charge in [-0.3, -0.25) is 0 Å². The number of nitrogens with zero attached hydrogens (tertiary/aromatic N) is 2. The maximum atomic E-state index is 10.7. The van der Waals surface area contributed by atoms with Gasteiger partial charge in [0.15, 0.2) is 0 Å². The second-order valence-electron chi connectivity index (χ2n) is 3.10. The van der Waals surface area contributed by atoms with Gasteiger partial charge in [0.2, 0.25) is 5.60 Å². The monoisotopic (exact) mass is 216 g/mol. The number of carboxylic acids is 1. The third-order valence-corrected chi connectivity index (χ3v) is 1.65. The van der Waals surface area contributed by atoms with E-state index in [2.05, 4.69) is 9.97 Å². The Hall–Kier alpha value is -1.36. The summed E-state index contributed by atoms with van der Waals surface area (Å²) in [6.07, 6.45) is 2.67. The Morgan fingerprint density at radius 3 is 2.43 bits per heavy atom. The summed E-state index contributed by atoms with van der Waals surface area (Å²) in [6.45, 7) is 2.82. The fraction of sp³-hybridized carbons (Fsp3) is 0.375. The van der Waals surface area contributed by atoms with Crippen LogP contribution in [0.2, 0.25) is 5.02 Å². The van der Waals surface area contributed by atoms with Crippen LogP contribution in [0, 0.1) is 0 Å². The lowest BCUT2D eigenvalue weighted by molar-refractivity contribution is -0.152. The number of aliphatic carboxylic acids is 1. The summed E-state index contributed by atoms with van der Waals surface area (Å²) in [5.74, 6) is -1.09. The Labute approximate surface area is 85.7 Å². The molecule has 76 valence electrons. The maximum Gasteiger partial charge on any atom is 0.347 e. The summed E-state index contributed by atoms with van der Waals surface area (Å²) in [7, 11) is 0. The fourth-order valence-electron chi connectivity index (χ4n) is 0.625. The van der Waals surface area contributed by atoms with Crippen LogP contribution in [0.3, 0.4) is 0 Å². The summed E-state index contributed by atoms with van der Waals surface area (Å²) < 4.78 is 5.04. The average molecular weight is 217 g/mol. The second kappa shape index (κ2) is 3.79. The van der Waals surface area contributed by atoms with Crippen molar-refractivity contribution in [1.29, 1.82) is 0 Å². The number of carbonyl (C=O) groups is 1. The van der Waals surface area contributed by atoms with Gasteiger partial charge in [-0.05, 0) is 13.8 Å². The first-order valence-corrected chi connectivity index (χ1v) is 4.19. The van der Waals surface area contributed by atoms with Crippen LogP contribution in [0.25, 0.3) is 0 Å². The van der Waals surface area contributed by atoms with Crippen LogP contribution in [0.5, 0.6) is 6.01 Å². The van der Waals surface area contributed by atoms with E-state index in [0.29, 0.717) is 5.02 Å². The summed E-state index contributed by atoms with van der Waals surface area (Å²) in [5, 5.41) is 9.12. The highest BCUT2D eigenvalue weighted by atomic mass is 35.5. The van der Waals surface area contributed by atoms with Gasteiger partial charge in [-0.25, -0.2) is 14.8 Å². The van der Waals surface area contributed by atoms with Crippen molar-refractivity contribution in [3.8, 4) is 6.01 Å². The lowest BCUT2D eigenvalue weighted by Crippen LogP contribution is -2.38. The summed E-state index contributed by atoms with van der Waals surface area (Å²) >= 11 is 5.55. The predicted octanol–water partition coefficient (Wildman–Crippen LogP) is 1.37. The number of hydrogen-bond donors (Lipinski definition) is 1. The molecule has 1 rings (SSSR count). The van der Waals surface area contributed by atoms with E-state index in [1.807, 2.05) is 0 Å². The minimum atomic E-state index is -1.35. The van der Waals surface area contributed by atoms with Gasteiger partial charge in [0.1, 0.15) is 0 Å². The molecular weight excluding hydrogens is 208 g/mol. The van der Waals surface area contributed by atoms with Crippen molar-refractivity contribution in [2.45, 2.75) is 19.4 Å². The third kappa shape index (κ3) is 2.56. The molecule has 1 N–H and O–H groups in total. The van der Waals surface area contributed by atoms with Crippen molar-refractivity contribution >= 4 is 17.6 Å². The molecular formula is C8H9ClN2O3. The zero-order valence-corrected chi connectivity index (χ0v) is 8.45. The Morgan fingerprint density at radius 2 is 2.00 bits per heavy atom. The van der Waals surface area contributed by atoms with Crippen LogP contribution in [0.4, 0.5) is 0 Å². The fourth-order valence-corrected chi connectivity index (χ4v) is 0.723. The molecule has 0 aliphatic rings. The molecule has 0 radical (unpaired) electrons.